The van der Waals surface area contributed by atoms with E-state index < -0.39 is 5.97 Å². The van der Waals surface area contributed by atoms with Crippen molar-refractivity contribution < 1.29 is 19.1 Å². The minimum atomic E-state index is -0.450. The molecular weight excluding hydrogens is 472 g/mol. The Balaban J connectivity index is 1.64. The highest BCUT2D eigenvalue weighted by atomic mass is 32.2. The normalized spacial score (nSPS) is 10.7. The van der Waals surface area contributed by atoms with Crippen LogP contribution in [0.15, 0.2) is 42.1 Å². The molecule has 1 amide bonds. The van der Waals surface area contributed by atoms with Gasteiger partial charge in [0, 0.05) is 11.4 Å². The maximum Gasteiger partial charge on any atom is 0.341 e. The molecule has 2 aromatic heterocycles. The fourth-order valence-electron chi connectivity index (χ4n) is 3.27. The number of hydrogen-bond donors (Lipinski definition) is 1. The Labute approximate surface area is 207 Å². The number of esters is 1. The molecule has 3 rings (SSSR count). The number of thioether (sulfide) groups is 1. The van der Waals surface area contributed by atoms with E-state index in [4.69, 9.17) is 9.47 Å². The van der Waals surface area contributed by atoms with Gasteiger partial charge in [0.2, 0.25) is 5.91 Å². The van der Waals surface area contributed by atoms with Crippen LogP contribution in [0.25, 0.3) is 0 Å². The van der Waals surface area contributed by atoms with Crippen LogP contribution in [0, 0.1) is 20.8 Å². The number of rotatable bonds is 11. The zero-order valence-electron chi connectivity index (χ0n) is 19.7. The summed E-state index contributed by atoms with van der Waals surface area (Å²) in [5.41, 5.74) is 2.61. The minimum absolute atomic E-state index is 0.104. The fourth-order valence-corrected chi connectivity index (χ4v) is 4.95. The van der Waals surface area contributed by atoms with Gasteiger partial charge in [-0.25, -0.2) is 4.79 Å². The third kappa shape index (κ3) is 6.71. The zero-order valence-corrected chi connectivity index (χ0v) is 21.3. The highest BCUT2D eigenvalue weighted by Gasteiger charge is 2.19. The minimum Gasteiger partial charge on any atom is -0.486 e. The second kappa shape index (κ2) is 11.8. The summed E-state index contributed by atoms with van der Waals surface area (Å²) >= 11 is 2.59. The van der Waals surface area contributed by atoms with Gasteiger partial charge in [0.1, 0.15) is 17.4 Å². The number of nitrogens with zero attached hydrogens (tertiary/aromatic N) is 3. The standard InChI is InChI=1S/C24H28N4O4S2/c1-6-8-28-20(13-32-18-10-15(3)9-16(4)11-18)26-27-24(28)33-14-21(29)25-22-19(12-17(5)34-22)23(30)31-7-2/h6,9-12H,1,7-8,13-14H2,2-5H3,(H,25,29). The van der Waals surface area contributed by atoms with Crippen molar-refractivity contribution in [2.45, 2.75) is 46.0 Å². The van der Waals surface area contributed by atoms with Crippen LogP contribution in [0.4, 0.5) is 5.00 Å². The number of thiophene rings is 1. The van der Waals surface area contributed by atoms with Crippen LogP contribution in [0.1, 0.15) is 39.1 Å². The molecule has 0 radical (unpaired) electrons. The predicted octanol–water partition coefficient (Wildman–Crippen LogP) is 4.94. The topological polar surface area (TPSA) is 95.3 Å². The van der Waals surface area contributed by atoms with Crippen LogP contribution < -0.4 is 10.1 Å². The summed E-state index contributed by atoms with van der Waals surface area (Å²) in [6, 6.07) is 7.74. The number of aryl methyl sites for hydroxylation is 3. The predicted molar refractivity (Wildman–Crippen MR) is 135 cm³/mol. The highest BCUT2D eigenvalue weighted by molar-refractivity contribution is 7.99. The molecule has 0 aliphatic heterocycles. The average molecular weight is 501 g/mol. The van der Waals surface area contributed by atoms with Gasteiger partial charge in [0.25, 0.3) is 0 Å². The van der Waals surface area contributed by atoms with E-state index in [0.717, 1.165) is 21.8 Å². The Hall–Kier alpha value is -3.11. The van der Waals surface area contributed by atoms with E-state index in [0.29, 0.717) is 28.1 Å². The van der Waals surface area contributed by atoms with Crippen LogP contribution in [-0.2, 0) is 22.7 Å². The van der Waals surface area contributed by atoms with Crippen molar-refractivity contribution >= 4 is 40.0 Å². The molecule has 3 aromatic rings. The first-order valence-electron chi connectivity index (χ1n) is 10.7. The molecule has 0 unspecified atom stereocenters. The first-order valence-corrected chi connectivity index (χ1v) is 12.5. The molecule has 0 spiro atoms. The van der Waals surface area contributed by atoms with Crippen molar-refractivity contribution in [3.63, 3.8) is 0 Å². The molecule has 180 valence electrons. The smallest absolute Gasteiger partial charge is 0.341 e. The number of carbonyl (C=O) groups is 2. The van der Waals surface area contributed by atoms with E-state index in [2.05, 4.69) is 28.2 Å². The Morgan fingerprint density at radius 2 is 1.91 bits per heavy atom. The number of benzene rings is 1. The number of ether oxygens (including phenoxy) is 2. The van der Waals surface area contributed by atoms with Gasteiger partial charge in [-0.3, -0.25) is 9.36 Å². The lowest BCUT2D eigenvalue weighted by molar-refractivity contribution is -0.113. The zero-order chi connectivity index (χ0) is 24.7. The first-order chi connectivity index (χ1) is 16.3. The van der Waals surface area contributed by atoms with E-state index in [1.54, 1.807) is 19.1 Å². The largest absolute Gasteiger partial charge is 0.486 e. The average Bonchev–Trinajstić information content (AvgIpc) is 3.33. The molecule has 10 heteroatoms. The molecule has 0 aliphatic rings. The second-order valence-electron chi connectivity index (χ2n) is 7.57. The summed E-state index contributed by atoms with van der Waals surface area (Å²) in [5.74, 6) is 0.808. The van der Waals surface area contributed by atoms with Crippen LogP contribution in [-0.4, -0.2) is 39.0 Å². The SMILES string of the molecule is C=CCn1c(COc2cc(C)cc(C)c2)nnc1SCC(=O)Nc1sc(C)cc1C(=O)OCC. The Morgan fingerprint density at radius 3 is 2.59 bits per heavy atom. The van der Waals surface area contributed by atoms with E-state index in [-0.39, 0.29) is 24.9 Å². The van der Waals surface area contributed by atoms with Gasteiger partial charge < -0.3 is 14.8 Å². The Bertz CT molecular complexity index is 1170. The molecule has 8 nitrogen and oxygen atoms in total. The molecule has 0 saturated heterocycles. The number of nitrogens with one attached hydrogen (secondary N) is 1. The first kappa shape index (κ1) is 25.5. The second-order valence-corrected chi connectivity index (χ2v) is 9.77. The lowest BCUT2D eigenvalue weighted by Crippen LogP contribution is -2.16. The molecule has 0 saturated carbocycles. The maximum absolute atomic E-state index is 12.6. The monoisotopic (exact) mass is 500 g/mol. The maximum atomic E-state index is 12.6. The van der Waals surface area contributed by atoms with Crippen LogP contribution in [0.5, 0.6) is 5.75 Å². The number of anilines is 1. The highest BCUT2D eigenvalue weighted by Crippen LogP contribution is 2.29. The molecule has 0 bridgehead atoms. The quantitative estimate of drug-likeness (QED) is 0.226. The van der Waals surface area contributed by atoms with Gasteiger partial charge in [-0.1, -0.05) is 23.9 Å². The van der Waals surface area contributed by atoms with Crippen LogP contribution in [0.2, 0.25) is 0 Å². The summed E-state index contributed by atoms with van der Waals surface area (Å²) in [4.78, 5) is 25.7. The van der Waals surface area contributed by atoms with E-state index in [1.165, 1.54) is 23.1 Å². The van der Waals surface area contributed by atoms with Crippen LogP contribution in [0.3, 0.4) is 0 Å². The van der Waals surface area contributed by atoms with Gasteiger partial charge in [-0.05, 0) is 57.0 Å². The van der Waals surface area contributed by atoms with Crippen molar-refractivity contribution in [1.29, 1.82) is 0 Å². The molecule has 0 aliphatic carbocycles. The van der Waals surface area contributed by atoms with Crippen molar-refractivity contribution in [1.82, 2.24) is 14.8 Å². The summed E-state index contributed by atoms with van der Waals surface area (Å²) < 4.78 is 12.9. The summed E-state index contributed by atoms with van der Waals surface area (Å²) in [7, 11) is 0. The van der Waals surface area contributed by atoms with Gasteiger partial charge in [-0.2, -0.15) is 0 Å². The van der Waals surface area contributed by atoms with Crippen molar-refractivity contribution in [2.75, 3.05) is 17.7 Å². The number of amides is 1. The number of aromatic nitrogens is 3. The number of allylic oxidation sites excluding steroid dienone is 1. The van der Waals surface area contributed by atoms with Gasteiger partial charge in [-0.15, -0.1) is 28.1 Å². The molecule has 2 heterocycles. The summed E-state index contributed by atoms with van der Waals surface area (Å²) in [6.07, 6.45) is 1.74. The molecule has 0 atom stereocenters. The number of hydrogen-bond acceptors (Lipinski definition) is 8. The van der Waals surface area contributed by atoms with Crippen molar-refractivity contribution in [3.05, 3.63) is 64.3 Å². The fraction of sp³-hybridized carbons (Fsp3) is 0.333. The van der Waals surface area contributed by atoms with Gasteiger partial charge >= 0.3 is 5.97 Å². The van der Waals surface area contributed by atoms with Crippen molar-refractivity contribution in [2.24, 2.45) is 0 Å². The Morgan fingerprint density at radius 1 is 1.18 bits per heavy atom. The van der Waals surface area contributed by atoms with Crippen molar-refractivity contribution in [3.8, 4) is 5.75 Å². The molecule has 1 N–H and O–H groups in total. The van der Waals surface area contributed by atoms with Gasteiger partial charge in [0.15, 0.2) is 11.0 Å². The summed E-state index contributed by atoms with van der Waals surface area (Å²) in [6.45, 7) is 12.5. The molecular formula is C24H28N4O4S2. The van der Waals surface area contributed by atoms with Gasteiger partial charge in [0.05, 0.1) is 17.9 Å². The van der Waals surface area contributed by atoms with E-state index >= 15 is 0 Å². The third-order valence-corrected chi connectivity index (χ3v) is 6.54. The van der Waals surface area contributed by atoms with E-state index in [1.807, 2.05) is 37.5 Å². The summed E-state index contributed by atoms with van der Waals surface area (Å²) in [5, 5.41) is 12.4. The molecule has 34 heavy (non-hydrogen) atoms. The third-order valence-electron chi connectivity index (χ3n) is 4.60. The molecule has 0 fully saturated rings. The van der Waals surface area contributed by atoms with Crippen LogP contribution >= 0.6 is 23.1 Å². The molecule has 1 aromatic carbocycles. The van der Waals surface area contributed by atoms with E-state index in [9.17, 15) is 9.59 Å². The lowest BCUT2D eigenvalue weighted by atomic mass is 10.1. The lowest BCUT2D eigenvalue weighted by Gasteiger charge is -2.10. The number of carbonyl (C=O) groups excluding carboxylic acids is 2. The Kier molecular flexibility index (Phi) is 8.89.